The third-order valence-electron chi connectivity index (χ3n) is 4.35. The molecular weight excluding hydrogens is 412 g/mol. The lowest BCUT2D eigenvalue weighted by atomic mass is 10.1. The minimum absolute atomic E-state index is 0.0421. The van der Waals surface area contributed by atoms with Gasteiger partial charge in [0.15, 0.2) is 5.69 Å². The van der Waals surface area contributed by atoms with Gasteiger partial charge in [-0.05, 0) is 42.5 Å². The summed E-state index contributed by atoms with van der Waals surface area (Å²) in [6.07, 6.45) is 3.19. The summed E-state index contributed by atoms with van der Waals surface area (Å²) < 4.78 is 28.4. The van der Waals surface area contributed by atoms with Gasteiger partial charge in [0.1, 0.15) is 17.3 Å². The number of amides is 1. The monoisotopic (exact) mass is 425 g/mol. The van der Waals surface area contributed by atoms with Crippen LogP contribution in [0.2, 0.25) is 5.02 Å². The van der Waals surface area contributed by atoms with Crippen LogP contribution in [0, 0.1) is 11.6 Å². The predicted octanol–water partition coefficient (Wildman–Crippen LogP) is 4.19. The average molecular weight is 426 g/mol. The minimum atomic E-state index is -0.743. The molecule has 150 valence electrons. The predicted molar refractivity (Wildman–Crippen MR) is 107 cm³/mol. The molecule has 0 aliphatic carbocycles. The number of carbonyl (C=O) groups is 1. The van der Waals surface area contributed by atoms with Crippen molar-refractivity contribution >= 4 is 17.5 Å². The SMILES string of the molecule is O=C(NCc1ccc(F)cc1F)c1nnn(-c2ccc(Cl)cc2)c1-c1cccnc1. The van der Waals surface area contributed by atoms with Gasteiger partial charge in [0, 0.05) is 41.2 Å². The van der Waals surface area contributed by atoms with E-state index >= 15 is 0 Å². The van der Waals surface area contributed by atoms with Crippen LogP contribution in [-0.4, -0.2) is 25.9 Å². The summed E-state index contributed by atoms with van der Waals surface area (Å²) in [6, 6.07) is 13.5. The summed E-state index contributed by atoms with van der Waals surface area (Å²) in [5, 5.41) is 11.3. The first-order valence-corrected chi connectivity index (χ1v) is 9.25. The Hall–Kier alpha value is -3.65. The maximum atomic E-state index is 13.9. The molecule has 1 amide bonds. The van der Waals surface area contributed by atoms with Crippen molar-refractivity contribution in [2.45, 2.75) is 6.54 Å². The molecule has 1 N–H and O–H groups in total. The molecular formula is C21H14ClF2N5O. The lowest BCUT2D eigenvalue weighted by Gasteiger charge is -2.09. The lowest BCUT2D eigenvalue weighted by molar-refractivity contribution is 0.0946. The fourth-order valence-corrected chi connectivity index (χ4v) is 3.01. The van der Waals surface area contributed by atoms with E-state index in [9.17, 15) is 13.6 Å². The molecule has 0 atom stereocenters. The molecule has 4 aromatic rings. The number of rotatable bonds is 5. The average Bonchev–Trinajstić information content (AvgIpc) is 3.19. The van der Waals surface area contributed by atoms with Gasteiger partial charge in [0.05, 0.1) is 5.69 Å². The fourth-order valence-electron chi connectivity index (χ4n) is 2.88. The number of carbonyl (C=O) groups excluding carboxylic acids is 1. The van der Waals surface area contributed by atoms with E-state index in [1.807, 2.05) is 0 Å². The van der Waals surface area contributed by atoms with Crippen molar-refractivity contribution in [3.63, 3.8) is 0 Å². The van der Waals surface area contributed by atoms with Gasteiger partial charge < -0.3 is 5.32 Å². The smallest absolute Gasteiger partial charge is 0.274 e. The topological polar surface area (TPSA) is 72.7 Å². The molecule has 2 heterocycles. The van der Waals surface area contributed by atoms with Crippen molar-refractivity contribution in [1.29, 1.82) is 0 Å². The zero-order chi connectivity index (χ0) is 21.1. The van der Waals surface area contributed by atoms with Crippen LogP contribution in [-0.2, 0) is 6.54 Å². The van der Waals surface area contributed by atoms with Crippen molar-refractivity contribution < 1.29 is 13.6 Å². The maximum Gasteiger partial charge on any atom is 0.274 e. The van der Waals surface area contributed by atoms with Crippen molar-refractivity contribution in [2.75, 3.05) is 0 Å². The molecule has 0 fully saturated rings. The number of benzene rings is 2. The van der Waals surface area contributed by atoms with Gasteiger partial charge in [-0.2, -0.15) is 0 Å². The quantitative estimate of drug-likeness (QED) is 0.520. The van der Waals surface area contributed by atoms with E-state index in [-0.39, 0.29) is 17.8 Å². The van der Waals surface area contributed by atoms with Crippen LogP contribution in [0.4, 0.5) is 8.78 Å². The molecule has 2 aromatic heterocycles. The molecule has 0 aliphatic heterocycles. The molecule has 30 heavy (non-hydrogen) atoms. The summed E-state index contributed by atoms with van der Waals surface area (Å²) in [5.41, 5.74) is 1.88. The Labute approximate surface area is 175 Å². The Morgan fingerprint density at radius 1 is 1.10 bits per heavy atom. The van der Waals surface area contributed by atoms with Crippen LogP contribution in [0.1, 0.15) is 16.1 Å². The zero-order valence-electron chi connectivity index (χ0n) is 15.4. The van der Waals surface area contributed by atoms with Crippen LogP contribution in [0.25, 0.3) is 16.9 Å². The minimum Gasteiger partial charge on any atom is -0.346 e. The molecule has 6 nitrogen and oxygen atoms in total. The molecule has 0 saturated heterocycles. The number of hydrogen-bond acceptors (Lipinski definition) is 4. The van der Waals surface area contributed by atoms with E-state index in [0.29, 0.717) is 22.0 Å². The summed E-state index contributed by atoms with van der Waals surface area (Å²) in [6.45, 7) is -0.134. The Bertz CT molecular complexity index is 1200. The van der Waals surface area contributed by atoms with E-state index in [0.717, 1.165) is 12.1 Å². The van der Waals surface area contributed by atoms with E-state index in [4.69, 9.17) is 11.6 Å². The Kier molecular flexibility index (Phi) is 5.49. The molecule has 0 aliphatic rings. The Morgan fingerprint density at radius 3 is 2.60 bits per heavy atom. The van der Waals surface area contributed by atoms with Crippen LogP contribution in [0.3, 0.4) is 0 Å². The molecule has 0 spiro atoms. The van der Waals surface area contributed by atoms with Gasteiger partial charge in [-0.3, -0.25) is 9.78 Å². The second kappa shape index (κ2) is 8.38. The van der Waals surface area contributed by atoms with Crippen molar-refractivity contribution in [3.8, 4) is 16.9 Å². The first kappa shape index (κ1) is 19.7. The lowest BCUT2D eigenvalue weighted by Crippen LogP contribution is -2.24. The van der Waals surface area contributed by atoms with E-state index < -0.39 is 17.5 Å². The van der Waals surface area contributed by atoms with Crippen molar-refractivity contribution in [1.82, 2.24) is 25.3 Å². The molecule has 0 unspecified atom stereocenters. The third-order valence-corrected chi connectivity index (χ3v) is 4.60. The summed E-state index contributed by atoms with van der Waals surface area (Å²) in [7, 11) is 0. The highest BCUT2D eigenvalue weighted by molar-refractivity contribution is 6.30. The summed E-state index contributed by atoms with van der Waals surface area (Å²) in [4.78, 5) is 16.9. The molecule has 0 radical (unpaired) electrons. The first-order valence-electron chi connectivity index (χ1n) is 8.87. The van der Waals surface area contributed by atoms with E-state index in [1.165, 1.54) is 10.7 Å². The van der Waals surface area contributed by atoms with E-state index in [2.05, 4.69) is 20.6 Å². The second-order valence-electron chi connectivity index (χ2n) is 6.33. The van der Waals surface area contributed by atoms with Crippen molar-refractivity contribution in [2.24, 2.45) is 0 Å². The molecule has 4 rings (SSSR count). The molecule has 2 aromatic carbocycles. The second-order valence-corrected chi connectivity index (χ2v) is 6.77. The first-order chi connectivity index (χ1) is 14.5. The van der Waals surface area contributed by atoms with Gasteiger partial charge in [0.2, 0.25) is 0 Å². The molecule has 0 saturated carbocycles. The van der Waals surface area contributed by atoms with Gasteiger partial charge in [-0.15, -0.1) is 5.10 Å². The zero-order valence-corrected chi connectivity index (χ0v) is 16.1. The highest BCUT2D eigenvalue weighted by atomic mass is 35.5. The van der Waals surface area contributed by atoms with Gasteiger partial charge in [-0.25, -0.2) is 13.5 Å². The van der Waals surface area contributed by atoms with Gasteiger partial charge in [-0.1, -0.05) is 22.9 Å². The number of hydrogen-bond donors (Lipinski definition) is 1. The summed E-state index contributed by atoms with van der Waals surface area (Å²) in [5.74, 6) is -1.99. The number of aromatic nitrogens is 4. The molecule has 9 heteroatoms. The number of nitrogens with one attached hydrogen (secondary N) is 1. The van der Waals surface area contributed by atoms with E-state index in [1.54, 1.807) is 48.8 Å². The third kappa shape index (κ3) is 4.04. The highest BCUT2D eigenvalue weighted by Crippen LogP contribution is 2.25. The van der Waals surface area contributed by atoms with Crippen molar-refractivity contribution in [3.05, 3.63) is 94.9 Å². The standard InChI is InChI=1S/C21H14ClF2N5O/c22-15-4-7-17(8-5-15)29-20(14-2-1-9-25-11-14)19(27-28-29)21(30)26-12-13-3-6-16(23)10-18(13)24/h1-11H,12H2,(H,26,30). The summed E-state index contributed by atoms with van der Waals surface area (Å²) >= 11 is 5.96. The number of halogens is 3. The van der Waals surface area contributed by atoms with Crippen LogP contribution < -0.4 is 5.32 Å². The number of pyridine rings is 1. The van der Waals surface area contributed by atoms with Crippen LogP contribution in [0.5, 0.6) is 0 Å². The maximum absolute atomic E-state index is 13.9. The normalized spacial score (nSPS) is 10.8. The number of nitrogens with zero attached hydrogens (tertiary/aromatic N) is 4. The van der Waals surface area contributed by atoms with Crippen LogP contribution in [0.15, 0.2) is 67.0 Å². The largest absolute Gasteiger partial charge is 0.346 e. The Balaban J connectivity index is 1.69. The Morgan fingerprint density at radius 2 is 1.90 bits per heavy atom. The highest BCUT2D eigenvalue weighted by Gasteiger charge is 2.22. The van der Waals surface area contributed by atoms with Gasteiger partial charge >= 0.3 is 0 Å². The molecule has 0 bridgehead atoms. The van der Waals surface area contributed by atoms with Crippen LogP contribution >= 0.6 is 11.6 Å². The van der Waals surface area contributed by atoms with Gasteiger partial charge in [0.25, 0.3) is 5.91 Å². The fraction of sp³-hybridized carbons (Fsp3) is 0.0476.